The molecule has 2 aromatic rings. The summed E-state index contributed by atoms with van der Waals surface area (Å²) in [5.41, 5.74) is 0.178. The molecule has 19 heavy (non-hydrogen) atoms. The molecule has 0 saturated heterocycles. The van der Waals surface area contributed by atoms with Crippen molar-refractivity contribution >= 4 is 27.1 Å². The molecule has 1 aromatic heterocycles. The molecule has 0 unspecified atom stereocenters. The van der Waals surface area contributed by atoms with E-state index in [0.717, 1.165) is 4.88 Å². The highest BCUT2D eigenvalue weighted by Crippen LogP contribution is 2.18. The fourth-order valence-corrected chi connectivity index (χ4v) is 3.05. The van der Waals surface area contributed by atoms with E-state index in [1.807, 2.05) is 17.5 Å². The second-order valence-corrected chi connectivity index (χ2v) is 6.34. The Morgan fingerprint density at radius 1 is 1.16 bits per heavy atom. The Balaban J connectivity index is 1.99. The van der Waals surface area contributed by atoms with Crippen molar-refractivity contribution in [3.8, 4) is 0 Å². The van der Waals surface area contributed by atoms with Crippen molar-refractivity contribution < 1.29 is 12.6 Å². The van der Waals surface area contributed by atoms with Gasteiger partial charge in [-0.3, -0.25) is 4.18 Å². The van der Waals surface area contributed by atoms with Crippen LogP contribution in [0.3, 0.4) is 0 Å². The van der Waals surface area contributed by atoms with Crippen molar-refractivity contribution in [2.75, 3.05) is 6.61 Å². The van der Waals surface area contributed by atoms with Crippen LogP contribution in [-0.4, -0.2) is 15.0 Å². The summed E-state index contributed by atoms with van der Waals surface area (Å²) in [5.74, 6) is 0. The average Bonchev–Trinajstić information content (AvgIpc) is 2.92. The maximum absolute atomic E-state index is 11.8. The zero-order chi connectivity index (χ0) is 13.7. The second kappa shape index (κ2) is 6.05. The zero-order valence-corrected chi connectivity index (χ0v) is 11.5. The lowest BCUT2D eigenvalue weighted by atomic mass is 10.3. The standard InChI is InChI=1S/C12H11NO4S2/c14-13-10-3-5-12(6-4-10)19(15,16)17-8-7-11-2-1-9-18-11/h1-6,9H,7-8H2. The molecule has 0 N–H and O–H groups in total. The molecule has 1 aromatic carbocycles. The number of thiophene rings is 1. The summed E-state index contributed by atoms with van der Waals surface area (Å²) < 4.78 is 28.6. The normalized spacial score (nSPS) is 11.4. The van der Waals surface area contributed by atoms with E-state index in [-0.39, 0.29) is 17.2 Å². The van der Waals surface area contributed by atoms with Crippen molar-refractivity contribution in [2.45, 2.75) is 11.3 Å². The molecule has 0 amide bonds. The summed E-state index contributed by atoms with van der Waals surface area (Å²) in [5, 5.41) is 4.63. The van der Waals surface area contributed by atoms with E-state index in [4.69, 9.17) is 4.18 Å². The Labute approximate surface area is 115 Å². The minimum Gasteiger partial charge on any atom is -0.266 e. The lowest BCUT2D eigenvalue weighted by molar-refractivity contribution is 0.323. The van der Waals surface area contributed by atoms with Crippen molar-refractivity contribution in [1.29, 1.82) is 0 Å². The van der Waals surface area contributed by atoms with E-state index >= 15 is 0 Å². The summed E-state index contributed by atoms with van der Waals surface area (Å²) in [6, 6.07) is 9.10. The van der Waals surface area contributed by atoms with Gasteiger partial charge in [0.2, 0.25) is 0 Å². The molecule has 0 aliphatic heterocycles. The minimum atomic E-state index is -3.78. The molecule has 0 aliphatic rings. The van der Waals surface area contributed by atoms with Gasteiger partial charge in [-0.05, 0) is 40.9 Å². The van der Waals surface area contributed by atoms with Gasteiger partial charge in [0.05, 0.1) is 11.5 Å². The Kier molecular flexibility index (Phi) is 4.41. The maximum atomic E-state index is 11.8. The Bertz CT molecular complexity index is 633. The average molecular weight is 297 g/mol. The Morgan fingerprint density at radius 2 is 1.89 bits per heavy atom. The van der Waals surface area contributed by atoms with Crippen LogP contribution < -0.4 is 0 Å². The summed E-state index contributed by atoms with van der Waals surface area (Å²) in [4.78, 5) is 11.3. The molecule has 0 radical (unpaired) electrons. The van der Waals surface area contributed by atoms with Crippen LogP contribution >= 0.6 is 11.3 Å². The van der Waals surface area contributed by atoms with Crippen LogP contribution in [0, 0.1) is 4.91 Å². The maximum Gasteiger partial charge on any atom is 0.296 e. The fraction of sp³-hybridized carbons (Fsp3) is 0.167. The Hall–Kier alpha value is -1.57. The predicted molar refractivity (Wildman–Crippen MR) is 73.1 cm³/mol. The molecular weight excluding hydrogens is 286 g/mol. The van der Waals surface area contributed by atoms with Gasteiger partial charge in [-0.15, -0.1) is 16.2 Å². The summed E-state index contributed by atoms with van der Waals surface area (Å²) in [7, 11) is -3.78. The fourth-order valence-electron chi connectivity index (χ4n) is 1.45. The molecule has 2 rings (SSSR count). The van der Waals surface area contributed by atoms with Gasteiger partial charge in [-0.2, -0.15) is 8.42 Å². The monoisotopic (exact) mass is 297 g/mol. The lowest BCUT2D eigenvalue weighted by Gasteiger charge is -2.04. The van der Waals surface area contributed by atoms with Crippen LogP contribution in [0.1, 0.15) is 4.88 Å². The summed E-state index contributed by atoms with van der Waals surface area (Å²) in [6.45, 7) is 0.0938. The van der Waals surface area contributed by atoms with E-state index in [1.165, 1.54) is 24.3 Å². The first kappa shape index (κ1) is 13.9. The van der Waals surface area contributed by atoms with Crippen molar-refractivity contribution in [1.82, 2.24) is 0 Å². The number of benzene rings is 1. The lowest BCUT2D eigenvalue weighted by Crippen LogP contribution is -2.08. The van der Waals surface area contributed by atoms with Gasteiger partial charge >= 0.3 is 0 Å². The topological polar surface area (TPSA) is 72.8 Å². The van der Waals surface area contributed by atoms with Crippen LogP contribution in [0.25, 0.3) is 0 Å². The number of rotatable bonds is 6. The van der Waals surface area contributed by atoms with E-state index in [0.29, 0.717) is 6.42 Å². The van der Waals surface area contributed by atoms with Gasteiger partial charge in [0.1, 0.15) is 5.69 Å². The molecule has 0 spiro atoms. The minimum absolute atomic E-state index is 0.0195. The van der Waals surface area contributed by atoms with Crippen molar-refractivity contribution in [3.05, 3.63) is 51.6 Å². The summed E-state index contributed by atoms with van der Waals surface area (Å²) in [6.07, 6.45) is 0.547. The van der Waals surface area contributed by atoms with Gasteiger partial charge in [0.25, 0.3) is 10.1 Å². The van der Waals surface area contributed by atoms with E-state index in [2.05, 4.69) is 5.18 Å². The van der Waals surface area contributed by atoms with Gasteiger partial charge in [-0.25, -0.2) is 0 Å². The van der Waals surface area contributed by atoms with Gasteiger partial charge in [0.15, 0.2) is 0 Å². The number of hydrogen-bond acceptors (Lipinski definition) is 6. The van der Waals surface area contributed by atoms with E-state index < -0.39 is 10.1 Å². The van der Waals surface area contributed by atoms with Crippen LogP contribution in [0.2, 0.25) is 0 Å². The molecule has 0 saturated carbocycles. The summed E-state index contributed by atoms with van der Waals surface area (Å²) >= 11 is 1.55. The highest BCUT2D eigenvalue weighted by molar-refractivity contribution is 7.86. The first-order valence-electron chi connectivity index (χ1n) is 5.47. The van der Waals surface area contributed by atoms with E-state index in [1.54, 1.807) is 11.3 Å². The molecule has 0 bridgehead atoms. The predicted octanol–water partition coefficient (Wildman–Crippen LogP) is 3.09. The van der Waals surface area contributed by atoms with Crippen LogP contribution in [-0.2, 0) is 20.7 Å². The van der Waals surface area contributed by atoms with Crippen molar-refractivity contribution in [3.63, 3.8) is 0 Å². The highest BCUT2D eigenvalue weighted by Gasteiger charge is 2.14. The largest absolute Gasteiger partial charge is 0.296 e. The second-order valence-electron chi connectivity index (χ2n) is 3.69. The number of nitrogens with zero attached hydrogens (tertiary/aromatic N) is 1. The molecule has 7 heteroatoms. The number of hydrogen-bond donors (Lipinski definition) is 0. The molecule has 100 valence electrons. The Morgan fingerprint density at radius 3 is 2.47 bits per heavy atom. The van der Waals surface area contributed by atoms with Crippen LogP contribution in [0.5, 0.6) is 0 Å². The zero-order valence-electron chi connectivity index (χ0n) is 9.85. The number of nitroso groups, excluding NO2 is 1. The molecule has 0 aliphatic carbocycles. The highest BCUT2D eigenvalue weighted by atomic mass is 32.2. The quantitative estimate of drug-likeness (QED) is 0.606. The third kappa shape index (κ3) is 3.69. The first-order chi connectivity index (χ1) is 9.12. The SMILES string of the molecule is O=Nc1ccc(S(=O)(=O)OCCc2cccs2)cc1. The molecular formula is C12H11NO4S2. The first-order valence-corrected chi connectivity index (χ1v) is 7.76. The molecule has 0 atom stereocenters. The molecule has 0 fully saturated rings. The van der Waals surface area contributed by atoms with Crippen LogP contribution in [0.4, 0.5) is 5.69 Å². The third-order valence-electron chi connectivity index (χ3n) is 2.40. The van der Waals surface area contributed by atoms with Gasteiger partial charge in [-0.1, -0.05) is 6.07 Å². The van der Waals surface area contributed by atoms with Gasteiger partial charge in [0, 0.05) is 11.3 Å². The third-order valence-corrected chi connectivity index (χ3v) is 4.66. The smallest absolute Gasteiger partial charge is 0.266 e. The van der Waals surface area contributed by atoms with E-state index in [9.17, 15) is 13.3 Å². The van der Waals surface area contributed by atoms with Gasteiger partial charge < -0.3 is 0 Å². The molecule has 5 nitrogen and oxygen atoms in total. The molecule has 1 heterocycles. The van der Waals surface area contributed by atoms with Crippen LogP contribution in [0.15, 0.2) is 51.9 Å². The van der Waals surface area contributed by atoms with Crippen molar-refractivity contribution in [2.24, 2.45) is 5.18 Å².